The van der Waals surface area contributed by atoms with E-state index >= 15 is 0 Å². The van der Waals surface area contributed by atoms with Gasteiger partial charge in [-0.15, -0.1) is 0 Å². The summed E-state index contributed by atoms with van der Waals surface area (Å²) >= 11 is 11.9. The van der Waals surface area contributed by atoms with E-state index in [1.165, 1.54) is 12.1 Å². The molecule has 142 valence electrons. The number of likely N-dealkylation sites (tertiary alicyclic amines) is 1. The minimum Gasteiger partial charge on any atom is -0.345 e. The fourth-order valence-corrected chi connectivity index (χ4v) is 3.27. The Morgan fingerprint density at radius 1 is 1.15 bits per heavy atom. The lowest BCUT2D eigenvalue weighted by Gasteiger charge is -2.23. The van der Waals surface area contributed by atoms with Crippen molar-refractivity contribution in [3.05, 3.63) is 33.8 Å². The highest BCUT2D eigenvalue weighted by Crippen LogP contribution is 2.21. The van der Waals surface area contributed by atoms with Gasteiger partial charge in [-0.3, -0.25) is 14.4 Å². The molecule has 26 heavy (non-hydrogen) atoms. The second-order valence-electron chi connectivity index (χ2n) is 6.63. The molecule has 1 aromatic rings. The number of halogens is 2. The summed E-state index contributed by atoms with van der Waals surface area (Å²) in [6.45, 7) is 5.02. The van der Waals surface area contributed by atoms with Gasteiger partial charge >= 0.3 is 0 Å². The first-order chi connectivity index (χ1) is 12.3. The number of nitrogens with zero attached hydrogens (tertiary/aromatic N) is 1. The molecule has 8 heteroatoms. The quantitative estimate of drug-likeness (QED) is 0.770. The van der Waals surface area contributed by atoms with Gasteiger partial charge in [-0.1, -0.05) is 37.0 Å². The third-order valence-corrected chi connectivity index (χ3v) is 4.83. The average Bonchev–Trinajstić information content (AvgIpc) is 3.11. The minimum absolute atomic E-state index is 0.0698. The van der Waals surface area contributed by atoms with Crippen LogP contribution in [0.4, 0.5) is 0 Å². The van der Waals surface area contributed by atoms with Crippen LogP contribution in [0.5, 0.6) is 0 Å². The number of amides is 3. The lowest BCUT2D eigenvalue weighted by Crippen LogP contribution is -2.51. The summed E-state index contributed by atoms with van der Waals surface area (Å²) in [5.74, 6) is -1.13. The molecule has 0 saturated carbocycles. The maximum Gasteiger partial charge on any atom is 0.253 e. The number of rotatable bonds is 6. The molecule has 0 bridgehead atoms. The number of hydrogen-bond acceptors (Lipinski definition) is 3. The Labute approximate surface area is 163 Å². The zero-order valence-electron chi connectivity index (χ0n) is 14.9. The van der Waals surface area contributed by atoms with Gasteiger partial charge in [-0.05, 0) is 37.0 Å². The molecule has 1 aliphatic rings. The predicted octanol–water partition coefficient (Wildman–Crippen LogP) is 2.49. The van der Waals surface area contributed by atoms with Crippen molar-refractivity contribution in [3.8, 4) is 0 Å². The molecule has 1 atom stereocenters. The zero-order valence-corrected chi connectivity index (χ0v) is 16.4. The highest BCUT2D eigenvalue weighted by Gasteiger charge is 2.26. The van der Waals surface area contributed by atoms with Crippen molar-refractivity contribution in [1.82, 2.24) is 15.5 Å². The van der Waals surface area contributed by atoms with Gasteiger partial charge in [0.05, 0.1) is 17.1 Å². The zero-order chi connectivity index (χ0) is 19.3. The van der Waals surface area contributed by atoms with Crippen LogP contribution in [0.2, 0.25) is 10.0 Å². The molecule has 1 unspecified atom stereocenters. The van der Waals surface area contributed by atoms with Crippen LogP contribution < -0.4 is 10.6 Å². The highest BCUT2D eigenvalue weighted by molar-refractivity contribution is 6.36. The average molecular weight is 400 g/mol. The first-order valence-corrected chi connectivity index (χ1v) is 9.36. The van der Waals surface area contributed by atoms with Crippen molar-refractivity contribution in [2.24, 2.45) is 5.92 Å². The molecule has 1 saturated heterocycles. The maximum atomic E-state index is 12.5. The molecule has 2 N–H and O–H groups in total. The fraction of sp³-hybridized carbons (Fsp3) is 0.500. The Bertz CT molecular complexity index is 688. The van der Waals surface area contributed by atoms with E-state index in [0.717, 1.165) is 25.9 Å². The Hall–Kier alpha value is -1.79. The van der Waals surface area contributed by atoms with Crippen LogP contribution in [0.1, 0.15) is 37.0 Å². The number of benzene rings is 1. The van der Waals surface area contributed by atoms with Crippen LogP contribution in [-0.4, -0.2) is 48.3 Å². The summed E-state index contributed by atoms with van der Waals surface area (Å²) in [6, 6.07) is 3.76. The van der Waals surface area contributed by atoms with Crippen LogP contribution in [0.25, 0.3) is 0 Å². The van der Waals surface area contributed by atoms with Crippen LogP contribution in [0.3, 0.4) is 0 Å². The molecular formula is C18H23Cl2N3O3. The van der Waals surface area contributed by atoms with E-state index in [1.807, 2.05) is 13.8 Å². The topological polar surface area (TPSA) is 78.5 Å². The summed E-state index contributed by atoms with van der Waals surface area (Å²) < 4.78 is 0. The maximum absolute atomic E-state index is 12.5. The predicted molar refractivity (Wildman–Crippen MR) is 101 cm³/mol. The standard InChI is InChI=1S/C18H23Cl2N3O3/c1-11(2)16(18(26)21-10-15(24)23-7-3-4-8-23)22-17(25)13-6-5-12(19)9-14(13)20/h5-6,9,11,16H,3-4,7-8,10H2,1-2H3,(H,21,26)(H,22,25). The molecule has 0 aromatic heterocycles. The summed E-state index contributed by atoms with van der Waals surface area (Å²) in [6.07, 6.45) is 1.98. The van der Waals surface area contributed by atoms with Crippen molar-refractivity contribution in [3.63, 3.8) is 0 Å². The minimum atomic E-state index is -0.777. The molecule has 6 nitrogen and oxygen atoms in total. The van der Waals surface area contributed by atoms with Crippen LogP contribution in [0, 0.1) is 5.92 Å². The van der Waals surface area contributed by atoms with Gasteiger partial charge < -0.3 is 15.5 Å². The molecule has 3 amide bonds. The van der Waals surface area contributed by atoms with Crippen molar-refractivity contribution in [2.45, 2.75) is 32.7 Å². The molecule has 0 radical (unpaired) electrons. The molecule has 1 aliphatic heterocycles. The summed E-state index contributed by atoms with van der Waals surface area (Å²) in [7, 11) is 0. The van der Waals surface area contributed by atoms with E-state index in [0.29, 0.717) is 5.02 Å². The fourth-order valence-electron chi connectivity index (χ4n) is 2.78. The highest BCUT2D eigenvalue weighted by atomic mass is 35.5. The van der Waals surface area contributed by atoms with Gasteiger partial charge in [0, 0.05) is 18.1 Å². The van der Waals surface area contributed by atoms with Gasteiger partial charge in [-0.2, -0.15) is 0 Å². The van der Waals surface area contributed by atoms with E-state index in [2.05, 4.69) is 10.6 Å². The Balaban J connectivity index is 1.97. The summed E-state index contributed by atoms with van der Waals surface area (Å²) in [4.78, 5) is 38.7. The second-order valence-corrected chi connectivity index (χ2v) is 7.47. The SMILES string of the molecule is CC(C)C(NC(=O)c1ccc(Cl)cc1Cl)C(=O)NCC(=O)N1CCCC1. The Kier molecular flexibility index (Phi) is 7.29. The van der Waals surface area contributed by atoms with Gasteiger partial charge in [-0.25, -0.2) is 0 Å². The Morgan fingerprint density at radius 3 is 2.38 bits per heavy atom. The van der Waals surface area contributed by atoms with Crippen molar-refractivity contribution >= 4 is 40.9 Å². The molecule has 1 aromatic carbocycles. The second kappa shape index (κ2) is 9.24. The summed E-state index contributed by atoms with van der Waals surface area (Å²) in [5, 5.41) is 5.94. The number of hydrogen-bond donors (Lipinski definition) is 2. The number of carbonyl (C=O) groups is 3. The number of nitrogens with one attached hydrogen (secondary N) is 2. The largest absolute Gasteiger partial charge is 0.345 e. The van der Waals surface area contributed by atoms with Gasteiger partial charge in [0.25, 0.3) is 5.91 Å². The molecule has 1 heterocycles. The lowest BCUT2D eigenvalue weighted by molar-refractivity contribution is -0.132. The molecule has 0 spiro atoms. The van der Waals surface area contributed by atoms with Crippen molar-refractivity contribution in [2.75, 3.05) is 19.6 Å². The first kappa shape index (κ1) is 20.5. The lowest BCUT2D eigenvalue weighted by atomic mass is 10.0. The molecule has 0 aliphatic carbocycles. The third kappa shape index (κ3) is 5.35. The summed E-state index contributed by atoms with van der Waals surface area (Å²) in [5.41, 5.74) is 0.239. The van der Waals surface area contributed by atoms with Gasteiger partial charge in [0.15, 0.2) is 0 Å². The van der Waals surface area contributed by atoms with Crippen molar-refractivity contribution in [1.29, 1.82) is 0 Å². The van der Waals surface area contributed by atoms with E-state index < -0.39 is 17.9 Å². The van der Waals surface area contributed by atoms with Crippen LogP contribution >= 0.6 is 23.2 Å². The van der Waals surface area contributed by atoms with Crippen molar-refractivity contribution < 1.29 is 14.4 Å². The smallest absolute Gasteiger partial charge is 0.253 e. The number of carbonyl (C=O) groups excluding carboxylic acids is 3. The normalized spacial score (nSPS) is 15.0. The van der Waals surface area contributed by atoms with Gasteiger partial charge in [0.1, 0.15) is 6.04 Å². The van der Waals surface area contributed by atoms with Crippen LogP contribution in [-0.2, 0) is 9.59 Å². The first-order valence-electron chi connectivity index (χ1n) is 8.61. The van der Waals surface area contributed by atoms with Gasteiger partial charge in [0.2, 0.25) is 11.8 Å². The molecule has 1 fully saturated rings. The van der Waals surface area contributed by atoms with Crippen LogP contribution in [0.15, 0.2) is 18.2 Å². The van der Waals surface area contributed by atoms with E-state index in [1.54, 1.807) is 11.0 Å². The molecular weight excluding hydrogens is 377 g/mol. The monoisotopic (exact) mass is 399 g/mol. The van der Waals surface area contributed by atoms with E-state index in [4.69, 9.17) is 23.2 Å². The molecule has 2 rings (SSSR count). The van der Waals surface area contributed by atoms with E-state index in [-0.39, 0.29) is 29.0 Å². The third-order valence-electron chi connectivity index (χ3n) is 4.28. The Morgan fingerprint density at radius 2 is 1.81 bits per heavy atom. The van der Waals surface area contributed by atoms with E-state index in [9.17, 15) is 14.4 Å².